The first-order valence-electron chi connectivity index (χ1n) is 5.98. The number of nitrogens with one attached hydrogen (secondary N) is 1. The number of nitriles is 1. The molecular weight excluding hydrogens is 230 g/mol. The topological polar surface area (TPSA) is 80.3 Å². The van der Waals surface area contributed by atoms with Crippen LogP contribution < -0.4 is 11.1 Å². The van der Waals surface area contributed by atoms with Gasteiger partial charge in [-0.1, -0.05) is 0 Å². The first-order chi connectivity index (χ1) is 8.79. The summed E-state index contributed by atoms with van der Waals surface area (Å²) in [5, 5.41) is 12.0. The molecule has 1 atom stereocenters. The number of benzene rings is 1. The summed E-state index contributed by atoms with van der Waals surface area (Å²) in [5.41, 5.74) is 8.24. The zero-order valence-electron chi connectivity index (χ0n) is 10.2. The normalized spacial score (nSPS) is 19.2. The Morgan fingerprint density at radius 1 is 1.44 bits per heavy atom. The van der Waals surface area contributed by atoms with Crippen molar-refractivity contribution in [2.75, 3.05) is 37.4 Å². The van der Waals surface area contributed by atoms with Crippen molar-refractivity contribution < 1.29 is 9.47 Å². The van der Waals surface area contributed by atoms with Crippen LogP contribution in [0.1, 0.15) is 5.56 Å². The Labute approximate surface area is 106 Å². The minimum absolute atomic E-state index is 0.0794. The Balaban J connectivity index is 1.92. The van der Waals surface area contributed by atoms with Gasteiger partial charge in [-0.15, -0.1) is 0 Å². The van der Waals surface area contributed by atoms with Crippen LogP contribution in [0, 0.1) is 11.3 Å². The molecule has 5 heteroatoms. The van der Waals surface area contributed by atoms with E-state index in [9.17, 15) is 0 Å². The maximum atomic E-state index is 8.71. The molecule has 18 heavy (non-hydrogen) atoms. The van der Waals surface area contributed by atoms with E-state index in [0.29, 0.717) is 38.5 Å². The summed E-state index contributed by atoms with van der Waals surface area (Å²) in [4.78, 5) is 0. The summed E-state index contributed by atoms with van der Waals surface area (Å²) in [6.07, 6.45) is 0.403. The van der Waals surface area contributed by atoms with Gasteiger partial charge in [0, 0.05) is 17.9 Å². The van der Waals surface area contributed by atoms with Crippen LogP contribution in [0.3, 0.4) is 0 Å². The van der Waals surface area contributed by atoms with E-state index in [4.69, 9.17) is 20.5 Å². The summed E-state index contributed by atoms with van der Waals surface area (Å²) in [5.74, 6) is 0. The van der Waals surface area contributed by atoms with Gasteiger partial charge in [0.05, 0.1) is 38.4 Å². The third-order valence-corrected chi connectivity index (χ3v) is 2.83. The molecule has 96 valence electrons. The van der Waals surface area contributed by atoms with E-state index in [1.54, 1.807) is 0 Å². The molecule has 1 aromatic rings. The Hall–Kier alpha value is -1.77. The van der Waals surface area contributed by atoms with Gasteiger partial charge in [-0.25, -0.2) is 0 Å². The van der Waals surface area contributed by atoms with Gasteiger partial charge in [0.1, 0.15) is 0 Å². The molecule has 0 bridgehead atoms. The molecule has 3 N–H and O–H groups in total. The van der Waals surface area contributed by atoms with Crippen LogP contribution in [0.15, 0.2) is 18.2 Å². The lowest BCUT2D eigenvalue weighted by atomic mass is 10.1. The van der Waals surface area contributed by atoms with Crippen LogP contribution >= 0.6 is 0 Å². The van der Waals surface area contributed by atoms with Crippen LogP contribution in [0.25, 0.3) is 0 Å². The molecule has 1 aliphatic rings. The Morgan fingerprint density at radius 3 is 3.06 bits per heavy atom. The number of hydrogen-bond acceptors (Lipinski definition) is 5. The lowest BCUT2D eigenvalue weighted by Crippen LogP contribution is -2.34. The van der Waals surface area contributed by atoms with Gasteiger partial charge < -0.3 is 20.5 Å². The molecule has 1 aliphatic heterocycles. The molecule has 0 aromatic heterocycles. The van der Waals surface area contributed by atoms with Crippen molar-refractivity contribution in [3.63, 3.8) is 0 Å². The highest BCUT2D eigenvalue weighted by Gasteiger charge is 2.13. The predicted molar refractivity (Wildman–Crippen MR) is 69.2 cm³/mol. The SMILES string of the molecule is N#CCc1cc(NCC2COCCO2)ccc1N. The highest BCUT2D eigenvalue weighted by atomic mass is 16.6. The fourth-order valence-electron chi connectivity index (χ4n) is 1.84. The fraction of sp³-hybridized carbons (Fsp3) is 0.462. The Morgan fingerprint density at radius 2 is 2.33 bits per heavy atom. The quantitative estimate of drug-likeness (QED) is 0.780. The highest BCUT2D eigenvalue weighted by molar-refractivity contribution is 5.58. The average Bonchev–Trinajstić information content (AvgIpc) is 2.41. The summed E-state index contributed by atoms with van der Waals surface area (Å²) in [6, 6.07) is 7.73. The van der Waals surface area contributed by atoms with Gasteiger partial charge in [-0.2, -0.15) is 5.26 Å². The minimum Gasteiger partial charge on any atom is -0.398 e. The lowest BCUT2D eigenvalue weighted by molar-refractivity contribution is -0.0818. The standard InChI is InChI=1S/C13H17N3O2/c14-4-3-10-7-11(1-2-13(10)15)16-8-12-9-17-5-6-18-12/h1-2,7,12,16H,3,5-6,8-9,15H2. The fourth-order valence-corrected chi connectivity index (χ4v) is 1.84. The van der Waals surface area contributed by atoms with E-state index in [-0.39, 0.29) is 6.10 Å². The predicted octanol–water partition coefficient (Wildman–Crippen LogP) is 1.16. The van der Waals surface area contributed by atoms with Gasteiger partial charge in [0.15, 0.2) is 0 Å². The number of nitrogens with two attached hydrogens (primary N) is 1. The highest BCUT2D eigenvalue weighted by Crippen LogP contribution is 2.18. The monoisotopic (exact) mass is 247 g/mol. The molecule has 0 amide bonds. The van der Waals surface area contributed by atoms with Crippen molar-refractivity contribution in [1.82, 2.24) is 0 Å². The van der Waals surface area contributed by atoms with E-state index in [1.807, 2.05) is 18.2 Å². The molecule has 0 aliphatic carbocycles. The molecule has 0 radical (unpaired) electrons. The van der Waals surface area contributed by atoms with Crippen molar-refractivity contribution in [2.45, 2.75) is 12.5 Å². The summed E-state index contributed by atoms with van der Waals surface area (Å²) >= 11 is 0. The third-order valence-electron chi connectivity index (χ3n) is 2.83. The van der Waals surface area contributed by atoms with Crippen molar-refractivity contribution in [3.05, 3.63) is 23.8 Å². The van der Waals surface area contributed by atoms with E-state index < -0.39 is 0 Å². The molecular formula is C13H17N3O2. The first-order valence-corrected chi connectivity index (χ1v) is 5.98. The van der Waals surface area contributed by atoms with Gasteiger partial charge in [0.2, 0.25) is 0 Å². The Kier molecular flexibility index (Phi) is 4.40. The van der Waals surface area contributed by atoms with E-state index in [2.05, 4.69) is 11.4 Å². The van der Waals surface area contributed by atoms with Gasteiger partial charge in [0.25, 0.3) is 0 Å². The second kappa shape index (κ2) is 6.24. The molecule has 1 unspecified atom stereocenters. The van der Waals surface area contributed by atoms with Crippen molar-refractivity contribution in [3.8, 4) is 6.07 Å². The summed E-state index contributed by atoms with van der Waals surface area (Å²) in [6.45, 7) is 2.63. The van der Waals surface area contributed by atoms with E-state index in [1.165, 1.54) is 0 Å². The maximum Gasteiger partial charge on any atom is 0.0981 e. The zero-order chi connectivity index (χ0) is 12.8. The van der Waals surface area contributed by atoms with E-state index >= 15 is 0 Å². The van der Waals surface area contributed by atoms with Gasteiger partial charge in [-0.3, -0.25) is 0 Å². The second-order valence-electron chi connectivity index (χ2n) is 4.20. The third kappa shape index (κ3) is 3.36. The number of nitrogens with zero attached hydrogens (tertiary/aromatic N) is 1. The summed E-state index contributed by atoms with van der Waals surface area (Å²) < 4.78 is 10.9. The van der Waals surface area contributed by atoms with Crippen LogP contribution in [-0.4, -0.2) is 32.5 Å². The molecule has 1 aromatic carbocycles. The van der Waals surface area contributed by atoms with Gasteiger partial charge in [-0.05, 0) is 23.8 Å². The zero-order valence-corrected chi connectivity index (χ0v) is 10.2. The Bertz CT molecular complexity index is 436. The number of anilines is 2. The van der Waals surface area contributed by atoms with Gasteiger partial charge >= 0.3 is 0 Å². The molecule has 1 saturated heterocycles. The second-order valence-corrected chi connectivity index (χ2v) is 4.20. The smallest absolute Gasteiger partial charge is 0.0981 e. The van der Waals surface area contributed by atoms with Crippen molar-refractivity contribution in [1.29, 1.82) is 5.26 Å². The number of rotatable bonds is 4. The van der Waals surface area contributed by atoms with Crippen LogP contribution in [0.4, 0.5) is 11.4 Å². The lowest BCUT2D eigenvalue weighted by Gasteiger charge is -2.23. The molecule has 1 fully saturated rings. The molecule has 2 rings (SSSR count). The van der Waals surface area contributed by atoms with E-state index in [0.717, 1.165) is 11.3 Å². The molecule has 5 nitrogen and oxygen atoms in total. The molecule has 0 spiro atoms. The average molecular weight is 247 g/mol. The number of hydrogen-bond donors (Lipinski definition) is 2. The number of ether oxygens (including phenoxy) is 2. The minimum atomic E-state index is 0.0794. The summed E-state index contributed by atoms with van der Waals surface area (Å²) in [7, 11) is 0. The number of nitrogen functional groups attached to an aromatic ring is 1. The van der Waals surface area contributed by atoms with Crippen LogP contribution in [0.2, 0.25) is 0 Å². The first kappa shape index (κ1) is 12.7. The molecule has 1 heterocycles. The van der Waals surface area contributed by atoms with Crippen molar-refractivity contribution in [2.24, 2.45) is 0 Å². The van der Waals surface area contributed by atoms with Crippen LogP contribution in [-0.2, 0) is 15.9 Å². The maximum absolute atomic E-state index is 8.71. The van der Waals surface area contributed by atoms with Crippen LogP contribution in [0.5, 0.6) is 0 Å². The molecule has 0 saturated carbocycles. The van der Waals surface area contributed by atoms with Crippen molar-refractivity contribution >= 4 is 11.4 Å². The largest absolute Gasteiger partial charge is 0.398 e.